The van der Waals surface area contributed by atoms with Crippen molar-refractivity contribution in [3.8, 4) is 11.5 Å². The molecule has 22 heavy (non-hydrogen) atoms. The van der Waals surface area contributed by atoms with Gasteiger partial charge in [-0.15, -0.1) is 0 Å². The summed E-state index contributed by atoms with van der Waals surface area (Å²) in [6.45, 7) is 2.76. The Balaban J connectivity index is 2.27. The summed E-state index contributed by atoms with van der Waals surface area (Å²) in [7, 11) is 1.34. The summed E-state index contributed by atoms with van der Waals surface area (Å²) in [5.41, 5.74) is 1.46. The lowest BCUT2D eigenvalue weighted by Crippen LogP contribution is -2.05. The first-order valence-electron chi connectivity index (χ1n) is 6.87. The molecule has 2 aromatic carbocycles. The average Bonchev–Trinajstić information content (AvgIpc) is 2.54. The first-order chi connectivity index (χ1) is 10.7. The van der Waals surface area contributed by atoms with E-state index in [9.17, 15) is 4.79 Å². The normalized spacial score (nSPS) is 10.1. The molecule has 0 unspecified atom stereocenters. The highest BCUT2D eigenvalue weighted by atomic mass is 79.9. The number of rotatable bonds is 6. The number of methoxy groups -OCH3 is 1. The van der Waals surface area contributed by atoms with Gasteiger partial charge < -0.3 is 14.2 Å². The first-order valence-corrected chi connectivity index (χ1v) is 7.66. The summed E-state index contributed by atoms with van der Waals surface area (Å²) >= 11 is 3.43. The number of carbonyl (C=O) groups excluding carboxylic acids is 1. The van der Waals surface area contributed by atoms with Gasteiger partial charge in [0.05, 0.1) is 23.8 Å². The van der Waals surface area contributed by atoms with Crippen molar-refractivity contribution in [2.24, 2.45) is 0 Å². The summed E-state index contributed by atoms with van der Waals surface area (Å²) in [5, 5.41) is 0. The number of hydrogen-bond donors (Lipinski definition) is 0. The van der Waals surface area contributed by atoms with Crippen LogP contribution in [0.4, 0.5) is 0 Å². The largest absolute Gasteiger partial charge is 0.490 e. The van der Waals surface area contributed by atoms with Crippen LogP contribution in [0.2, 0.25) is 0 Å². The maximum atomic E-state index is 11.7. The average molecular weight is 365 g/mol. The zero-order chi connectivity index (χ0) is 15.9. The molecule has 0 radical (unpaired) electrons. The molecule has 4 nitrogen and oxygen atoms in total. The molecule has 0 aliphatic carbocycles. The minimum absolute atomic E-state index is 0.407. The van der Waals surface area contributed by atoms with Crippen LogP contribution in [-0.4, -0.2) is 19.7 Å². The quantitative estimate of drug-likeness (QED) is 0.720. The topological polar surface area (TPSA) is 44.8 Å². The summed E-state index contributed by atoms with van der Waals surface area (Å²) < 4.78 is 16.8. The molecule has 0 atom stereocenters. The van der Waals surface area contributed by atoms with Crippen molar-refractivity contribution < 1.29 is 19.0 Å². The van der Waals surface area contributed by atoms with Crippen molar-refractivity contribution in [2.45, 2.75) is 13.5 Å². The van der Waals surface area contributed by atoms with Crippen molar-refractivity contribution in [3.63, 3.8) is 0 Å². The van der Waals surface area contributed by atoms with E-state index in [1.54, 1.807) is 12.1 Å². The van der Waals surface area contributed by atoms with E-state index in [0.717, 1.165) is 5.56 Å². The maximum Gasteiger partial charge on any atom is 0.338 e. The predicted molar refractivity (Wildman–Crippen MR) is 87.4 cm³/mol. The van der Waals surface area contributed by atoms with Crippen molar-refractivity contribution in [3.05, 3.63) is 58.1 Å². The van der Waals surface area contributed by atoms with Crippen LogP contribution in [0, 0.1) is 0 Å². The van der Waals surface area contributed by atoms with Crippen LogP contribution in [0.25, 0.3) is 0 Å². The van der Waals surface area contributed by atoms with Gasteiger partial charge in [-0.1, -0.05) is 30.3 Å². The van der Waals surface area contributed by atoms with Gasteiger partial charge in [-0.05, 0) is 40.5 Å². The molecule has 0 bridgehead atoms. The lowest BCUT2D eigenvalue weighted by molar-refractivity contribution is 0.0600. The molecule has 2 aromatic rings. The Bertz CT molecular complexity index is 641. The van der Waals surface area contributed by atoms with Crippen LogP contribution in [0.3, 0.4) is 0 Å². The van der Waals surface area contributed by atoms with Gasteiger partial charge in [0.25, 0.3) is 0 Å². The molecule has 116 valence electrons. The molecular formula is C17H17BrO4. The number of benzene rings is 2. The lowest BCUT2D eigenvalue weighted by Gasteiger charge is -2.15. The Kier molecular flexibility index (Phi) is 5.83. The fourth-order valence-electron chi connectivity index (χ4n) is 1.94. The highest BCUT2D eigenvalue weighted by Gasteiger charge is 2.16. The molecule has 0 spiro atoms. The van der Waals surface area contributed by atoms with Crippen LogP contribution >= 0.6 is 15.9 Å². The van der Waals surface area contributed by atoms with Crippen LogP contribution in [-0.2, 0) is 11.3 Å². The summed E-state index contributed by atoms with van der Waals surface area (Å²) in [4.78, 5) is 11.7. The lowest BCUT2D eigenvalue weighted by atomic mass is 10.2. The number of hydrogen-bond acceptors (Lipinski definition) is 4. The molecule has 0 saturated carbocycles. The highest BCUT2D eigenvalue weighted by molar-refractivity contribution is 9.10. The van der Waals surface area contributed by atoms with Gasteiger partial charge in [-0.2, -0.15) is 0 Å². The molecule has 2 rings (SSSR count). The minimum Gasteiger partial charge on any atom is -0.490 e. The molecule has 0 saturated heterocycles. The minimum atomic E-state index is -0.420. The zero-order valence-corrected chi connectivity index (χ0v) is 14.1. The highest BCUT2D eigenvalue weighted by Crippen LogP contribution is 2.37. The third-order valence-electron chi connectivity index (χ3n) is 2.96. The fourth-order valence-corrected chi connectivity index (χ4v) is 2.49. The molecule has 0 aliphatic rings. The Hall–Kier alpha value is -2.01. The van der Waals surface area contributed by atoms with Crippen LogP contribution in [0.1, 0.15) is 22.8 Å². The first kappa shape index (κ1) is 16.4. The van der Waals surface area contributed by atoms with E-state index in [2.05, 4.69) is 15.9 Å². The van der Waals surface area contributed by atoms with E-state index in [-0.39, 0.29) is 0 Å². The van der Waals surface area contributed by atoms with Gasteiger partial charge >= 0.3 is 5.97 Å². The third kappa shape index (κ3) is 4.01. The second kappa shape index (κ2) is 7.84. The molecule has 0 N–H and O–H groups in total. The van der Waals surface area contributed by atoms with Crippen molar-refractivity contribution in [2.75, 3.05) is 13.7 Å². The van der Waals surface area contributed by atoms with Gasteiger partial charge in [0.2, 0.25) is 0 Å². The van der Waals surface area contributed by atoms with Crippen molar-refractivity contribution in [1.29, 1.82) is 0 Å². The van der Waals surface area contributed by atoms with Gasteiger partial charge in [0, 0.05) is 0 Å². The summed E-state index contributed by atoms with van der Waals surface area (Å²) in [6, 6.07) is 13.1. The SMILES string of the molecule is CCOc1cc(C(=O)OC)cc(Br)c1OCc1ccccc1. The monoisotopic (exact) mass is 364 g/mol. The molecule has 5 heteroatoms. The van der Waals surface area contributed by atoms with Gasteiger partial charge in [0.1, 0.15) is 6.61 Å². The van der Waals surface area contributed by atoms with E-state index in [4.69, 9.17) is 14.2 Å². The number of carbonyl (C=O) groups is 1. The Labute approximate surface area is 138 Å². The molecule has 0 aliphatic heterocycles. The molecule has 0 aromatic heterocycles. The maximum absolute atomic E-state index is 11.7. The number of ether oxygens (including phenoxy) is 3. The smallest absolute Gasteiger partial charge is 0.338 e. The second-order valence-corrected chi connectivity index (χ2v) is 5.34. The van der Waals surface area contributed by atoms with E-state index >= 15 is 0 Å². The van der Waals surface area contributed by atoms with Gasteiger partial charge in [-0.25, -0.2) is 4.79 Å². The fraction of sp³-hybridized carbons (Fsp3) is 0.235. The predicted octanol–water partition coefficient (Wildman–Crippen LogP) is 4.21. The van der Waals surface area contributed by atoms with Crippen LogP contribution in [0.5, 0.6) is 11.5 Å². The second-order valence-electron chi connectivity index (χ2n) is 4.48. The molecule has 0 amide bonds. The van der Waals surface area contributed by atoms with Gasteiger partial charge in [-0.3, -0.25) is 0 Å². The number of halogens is 1. The van der Waals surface area contributed by atoms with Crippen LogP contribution < -0.4 is 9.47 Å². The van der Waals surface area contributed by atoms with Crippen molar-refractivity contribution >= 4 is 21.9 Å². The zero-order valence-electron chi connectivity index (χ0n) is 12.5. The molecule has 0 heterocycles. The van der Waals surface area contributed by atoms with Crippen molar-refractivity contribution in [1.82, 2.24) is 0 Å². The Morgan fingerprint density at radius 2 is 1.86 bits per heavy atom. The molecular weight excluding hydrogens is 348 g/mol. The summed E-state index contributed by atoms with van der Waals surface area (Å²) in [5.74, 6) is 0.655. The van der Waals surface area contributed by atoms with E-state index in [1.807, 2.05) is 37.3 Å². The summed E-state index contributed by atoms with van der Waals surface area (Å²) in [6.07, 6.45) is 0. The van der Waals surface area contributed by atoms with Gasteiger partial charge in [0.15, 0.2) is 11.5 Å². The number of esters is 1. The third-order valence-corrected chi connectivity index (χ3v) is 3.55. The Morgan fingerprint density at radius 3 is 2.50 bits per heavy atom. The van der Waals surface area contributed by atoms with E-state index in [0.29, 0.717) is 34.7 Å². The van der Waals surface area contributed by atoms with Crippen LogP contribution in [0.15, 0.2) is 46.9 Å². The van der Waals surface area contributed by atoms with E-state index < -0.39 is 5.97 Å². The molecule has 0 fully saturated rings. The Morgan fingerprint density at radius 1 is 1.14 bits per heavy atom. The standard InChI is InChI=1S/C17H17BrO4/c1-3-21-15-10-13(17(19)20-2)9-14(18)16(15)22-11-12-7-5-4-6-8-12/h4-10H,3,11H2,1-2H3. The van der Waals surface area contributed by atoms with E-state index in [1.165, 1.54) is 7.11 Å².